The van der Waals surface area contributed by atoms with E-state index in [-0.39, 0.29) is 0 Å². The second kappa shape index (κ2) is 4.54. The lowest BCUT2D eigenvalue weighted by Gasteiger charge is -2.01. The van der Waals surface area contributed by atoms with Crippen molar-refractivity contribution in [3.8, 4) is 11.8 Å². The summed E-state index contributed by atoms with van der Waals surface area (Å²) in [6.07, 6.45) is 3.02. The second-order valence-electron chi connectivity index (χ2n) is 2.35. The fourth-order valence-corrected chi connectivity index (χ4v) is 1.08. The van der Waals surface area contributed by atoms with Crippen LogP contribution >= 0.6 is 11.6 Å². The number of hydrogen-bond acceptors (Lipinski definition) is 2. The van der Waals surface area contributed by atoms with Gasteiger partial charge in [0.2, 0.25) is 0 Å². The first kappa shape index (κ1) is 9.63. The standard InChI is InChI=1S/C10H8ClNO/c1-13-9-4-5-10(11)8(7-9)3-2-6-12/h2-5,7H,1H3. The summed E-state index contributed by atoms with van der Waals surface area (Å²) in [5, 5.41) is 8.94. The molecule has 0 aliphatic rings. The van der Waals surface area contributed by atoms with Gasteiger partial charge in [-0.15, -0.1) is 0 Å². The molecule has 0 saturated heterocycles. The van der Waals surface area contributed by atoms with Crippen LogP contribution in [0.2, 0.25) is 5.02 Å². The molecular formula is C10H8ClNO. The summed E-state index contributed by atoms with van der Waals surface area (Å²) in [6.45, 7) is 0. The molecule has 66 valence electrons. The zero-order valence-electron chi connectivity index (χ0n) is 7.12. The minimum atomic E-state index is 0.604. The zero-order valence-corrected chi connectivity index (χ0v) is 7.88. The van der Waals surface area contributed by atoms with Gasteiger partial charge in [-0.3, -0.25) is 0 Å². The number of nitrogens with zero attached hydrogens (tertiary/aromatic N) is 1. The summed E-state index contributed by atoms with van der Waals surface area (Å²) in [5.74, 6) is 0.724. The van der Waals surface area contributed by atoms with Crippen molar-refractivity contribution >= 4 is 17.7 Å². The Morgan fingerprint density at radius 1 is 1.54 bits per heavy atom. The summed E-state index contributed by atoms with van der Waals surface area (Å²) in [7, 11) is 1.58. The molecular weight excluding hydrogens is 186 g/mol. The van der Waals surface area contributed by atoms with E-state index >= 15 is 0 Å². The molecule has 0 radical (unpaired) electrons. The van der Waals surface area contributed by atoms with E-state index in [1.54, 1.807) is 31.4 Å². The molecule has 0 heterocycles. The van der Waals surface area contributed by atoms with Gasteiger partial charge in [0.25, 0.3) is 0 Å². The SMILES string of the molecule is COc1ccc(Cl)c(C=CC#N)c1. The summed E-state index contributed by atoms with van der Waals surface area (Å²) in [5.41, 5.74) is 0.780. The molecule has 0 spiro atoms. The van der Waals surface area contributed by atoms with E-state index in [1.165, 1.54) is 6.08 Å². The van der Waals surface area contributed by atoms with Crippen LogP contribution in [0.25, 0.3) is 6.08 Å². The third-order valence-electron chi connectivity index (χ3n) is 1.54. The molecule has 0 aliphatic carbocycles. The first-order chi connectivity index (χ1) is 6.27. The number of hydrogen-bond donors (Lipinski definition) is 0. The van der Waals surface area contributed by atoms with E-state index < -0.39 is 0 Å². The lowest BCUT2D eigenvalue weighted by atomic mass is 10.2. The van der Waals surface area contributed by atoms with E-state index in [2.05, 4.69) is 0 Å². The number of rotatable bonds is 2. The number of methoxy groups -OCH3 is 1. The molecule has 0 fully saturated rings. The summed E-state index contributed by atoms with van der Waals surface area (Å²) in [4.78, 5) is 0. The highest BCUT2D eigenvalue weighted by Gasteiger charge is 1.98. The molecule has 0 N–H and O–H groups in total. The molecule has 0 aromatic heterocycles. The van der Waals surface area contributed by atoms with Crippen LogP contribution in [0.4, 0.5) is 0 Å². The minimum Gasteiger partial charge on any atom is -0.497 e. The second-order valence-corrected chi connectivity index (χ2v) is 2.76. The predicted octanol–water partition coefficient (Wildman–Crippen LogP) is 2.89. The maximum absolute atomic E-state index is 8.33. The van der Waals surface area contributed by atoms with Gasteiger partial charge in [-0.05, 0) is 29.8 Å². The molecule has 0 bridgehead atoms. The first-order valence-corrected chi connectivity index (χ1v) is 4.05. The van der Waals surface area contributed by atoms with Crippen LogP contribution < -0.4 is 4.74 Å². The molecule has 13 heavy (non-hydrogen) atoms. The Bertz CT molecular complexity index is 366. The van der Waals surface area contributed by atoms with Crippen LogP contribution in [0, 0.1) is 11.3 Å². The third-order valence-corrected chi connectivity index (χ3v) is 1.88. The summed E-state index contributed by atoms with van der Waals surface area (Å²) in [6, 6.07) is 7.18. The van der Waals surface area contributed by atoms with Crippen LogP contribution in [0.1, 0.15) is 5.56 Å². The van der Waals surface area contributed by atoms with E-state index in [4.69, 9.17) is 21.6 Å². The molecule has 1 rings (SSSR count). The van der Waals surface area contributed by atoms with Crippen LogP contribution in [0.3, 0.4) is 0 Å². The maximum Gasteiger partial charge on any atom is 0.119 e. The van der Waals surface area contributed by atoms with Crippen LogP contribution in [0.5, 0.6) is 5.75 Å². The molecule has 2 nitrogen and oxygen atoms in total. The molecule has 0 aliphatic heterocycles. The van der Waals surface area contributed by atoms with Crippen LogP contribution in [-0.4, -0.2) is 7.11 Å². The lowest BCUT2D eigenvalue weighted by Crippen LogP contribution is -1.83. The highest BCUT2D eigenvalue weighted by atomic mass is 35.5. The number of halogens is 1. The van der Waals surface area contributed by atoms with Gasteiger partial charge >= 0.3 is 0 Å². The van der Waals surface area contributed by atoms with Crippen molar-refractivity contribution in [3.05, 3.63) is 34.9 Å². The largest absolute Gasteiger partial charge is 0.497 e. The summed E-state index contributed by atoms with van der Waals surface area (Å²) >= 11 is 5.87. The Balaban J connectivity index is 3.05. The quantitative estimate of drug-likeness (QED) is 0.677. The van der Waals surface area contributed by atoms with Crippen molar-refractivity contribution in [2.75, 3.05) is 7.11 Å². The zero-order chi connectivity index (χ0) is 9.68. The van der Waals surface area contributed by atoms with Crippen molar-refractivity contribution in [2.45, 2.75) is 0 Å². The van der Waals surface area contributed by atoms with Crippen LogP contribution in [-0.2, 0) is 0 Å². The van der Waals surface area contributed by atoms with Crippen molar-refractivity contribution < 1.29 is 4.74 Å². The van der Waals surface area contributed by atoms with Gasteiger partial charge in [-0.1, -0.05) is 11.6 Å². The molecule has 0 unspecified atom stereocenters. The van der Waals surface area contributed by atoms with Gasteiger partial charge in [-0.2, -0.15) is 5.26 Å². The monoisotopic (exact) mass is 193 g/mol. The lowest BCUT2D eigenvalue weighted by molar-refractivity contribution is 0.414. The van der Waals surface area contributed by atoms with E-state index in [9.17, 15) is 0 Å². The maximum atomic E-state index is 8.33. The van der Waals surface area contributed by atoms with Gasteiger partial charge in [0, 0.05) is 11.1 Å². The minimum absolute atomic E-state index is 0.604. The predicted molar refractivity (Wildman–Crippen MR) is 52.7 cm³/mol. The summed E-state index contributed by atoms with van der Waals surface area (Å²) < 4.78 is 5.01. The molecule has 0 amide bonds. The molecule has 1 aromatic carbocycles. The van der Waals surface area contributed by atoms with Gasteiger partial charge in [0.05, 0.1) is 13.2 Å². The molecule has 3 heteroatoms. The average Bonchev–Trinajstić information content (AvgIpc) is 2.17. The van der Waals surface area contributed by atoms with Crippen molar-refractivity contribution in [3.63, 3.8) is 0 Å². The van der Waals surface area contributed by atoms with Crippen molar-refractivity contribution in [1.82, 2.24) is 0 Å². The Morgan fingerprint density at radius 2 is 2.31 bits per heavy atom. The Kier molecular flexibility index (Phi) is 3.36. The third kappa shape index (κ3) is 2.50. The molecule has 0 saturated carbocycles. The van der Waals surface area contributed by atoms with Crippen molar-refractivity contribution in [2.24, 2.45) is 0 Å². The van der Waals surface area contributed by atoms with E-state index in [1.807, 2.05) is 6.07 Å². The van der Waals surface area contributed by atoms with Crippen molar-refractivity contribution in [1.29, 1.82) is 5.26 Å². The highest BCUT2D eigenvalue weighted by Crippen LogP contribution is 2.22. The van der Waals surface area contributed by atoms with Gasteiger partial charge in [-0.25, -0.2) is 0 Å². The Labute approximate surface area is 82.0 Å². The van der Waals surface area contributed by atoms with Gasteiger partial charge < -0.3 is 4.74 Å². The normalized spacial score (nSPS) is 9.92. The molecule has 0 atom stereocenters. The van der Waals surface area contributed by atoms with Gasteiger partial charge in [0.1, 0.15) is 5.75 Å². The first-order valence-electron chi connectivity index (χ1n) is 3.67. The number of benzene rings is 1. The Morgan fingerprint density at radius 3 is 2.92 bits per heavy atom. The van der Waals surface area contributed by atoms with E-state index in [0.717, 1.165) is 11.3 Å². The Hall–Kier alpha value is -1.46. The fraction of sp³-hybridized carbons (Fsp3) is 0.100. The van der Waals surface area contributed by atoms with Crippen LogP contribution in [0.15, 0.2) is 24.3 Å². The highest BCUT2D eigenvalue weighted by molar-refractivity contribution is 6.32. The smallest absolute Gasteiger partial charge is 0.119 e. The fourth-order valence-electron chi connectivity index (χ4n) is 0.904. The topological polar surface area (TPSA) is 33.0 Å². The molecule has 1 aromatic rings. The average molecular weight is 194 g/mol. The number of allylic oxidation sites excluding steroid dienone is 1. The number of nitriles is 1. The van der Waals surface area contributed by atoms with Gasteiger partial charge in [0.15, 0.2) is 0 Å². The number of ether oxygens (including phenoxy) is 1. The van der Waals surface area contributed by atoms with E-state index in [0.29, 0.717) is 5.02 Å².